The molecule has 2 aromatic heterocycles. The van der Waals surface area contributed by atoms with Crippen LogP contribution in [0.25, 0.3) is 11.0 Å². The second-order valence-corrected chi connectivity index (χ2v) is 5.20. The molecule has 0 aromatic carbocycles. The fraction of sp³-hybridized carbons (Fsp3) is 0.533. The second-order valence-electron chi connectivity index (χ2n) is 5.20. The number of amides is 1. The molecule has 0 radical (unpaired) electrons. The molecule has 1 amide bonds. The van der Waals surface area contributed by atoms with E-state index in [-0.39, 0.29) is 5.91 Å². The number of hydrogen-bond acceptors (Lipinski definition) is 4. The molecular weight excluding hydrogens is 266 g/mol. The Morgan fingerprint density at radius 2 is 2.19 bits per heavy atom. The molecule has 0 aliphatic heterocycles. The Morgan fingerprint density at radius 3 is 2.95 bits per heavy atom. The molecule has 0 aliphatic rings. The van der Waals surface area contributed by atoms with Crippen LogP contribution in [0.2, 0.25) is 0 Å². The summed E-state index contributed by atoms with van der Waals surface area (Å²) in [6.07, 6.45) is 3.32. The number of hydrogen-bond donors (Lipinski definition) is 2. The Kier molecular flexibility index (Phi) is 5.27. The third kappa shape index (κ3) is 4.01. The van der Waals surface area contributed by atoms with Crippen LogP contribution in [-0.2, 0) is 18.4 Å². The highest BCUT2D eigenvalue weighted by Crippen LogP contribution is 2.16. The van der Waals surface area contributed by atoms with Crippen molar-refractivity contribution in [1.82, 2.24) is 25.4 Å². The van der Waals surface area contributed by atoms with Gasteiger partial charge >= 0.3 is 0 Å². The monoisotopic (exact) mass is 289 g/mol. The van der Waals surface area contributed by atoms with Crippen molar-refractivity contribution in [3.63, 3.8) is 0 Å². The van der Waals surface area contributed by atoms with Crippen molar-refractivity contribution in [2.45, 2.75) is 33.2 Å². The number of nitrogens with zero attached hydrogens (tertiary/aromatic N) is 3. The summed E-state index contributed by atoms with van der Waals surface area (Å²) in [6.45, 7) is 6.15. The van der Waals surface area contributed by atoms with Crippen molar-refractivity contribution in [2.24, 2.45) is 7.05 Å². The topological polar surface area (TPSA) is 71.8 Å². The zero-order valence-electron chi connectivity index (χ0n) is 12.9. The predicted molar refractivity (Wildman–Crippen MR) is 82.9 cm³/mol. The molecule has 6 heteroatoms. The Bertz CT molecular complexity index is 620. The van der Waals surface area contributed by atoms with Gasteiger partial charge in [-0.1, -0.05) is 6.92 Å². The van der Waals surface area contributed by atoms with E-state index in [0.717, 1.165) is 35.3 Å². The van der Waals surface area contributed by atoms with Gasteiger partial charge in [0, 0.05) is 44.7 Å². The minimum atomic E-state index is 0.0982. The first-order chi connectivity index (χ1) is 10.1. The molecule has 0 unspecified atom stereocenters. The van der Waals surface area contributed by atoms with Crippen LogP contribution in [0.1, 0.15) is 31.0 Å². The van der Waals surface area contributed by atoms with E-state index in [0.29, 0.717) is 19.5 Å². The molecule has 114 valence electrons. The highest BCUT2D eigenvalue weighted by Gasteiger charge is 2.07. The van der Waals surface area contributed by atoms with Crippen molar-refractivity contribution in [3.05, 3.63) is 23.5 Å². The molecule has 2 heterocycles. The first-order valence-corrected chi connectivity index (χ1v) is 7.37. The van der Waals surface area contributed by atoms with Crippen molar-refractivity contribution in [2.75, 3.05) is 13.1 Å². The lowest BCUT2D eigenvalue weighted by Crippen LogP contribution is -2.28. The maximum atomic E-state index is 11.5. The maximum Gasteiger partial charge on any atom is 0.221 e. The summed E-state index contributed by atoms with van der Waals surface area (Å²) in [6, 6.07) is 2.11. The molecule has 0 saturated carbocycles. The molecular formula is C15H23N5O. The number of aromatic nitrogens is 3. The van der Waals surface area contributed by atoms with Gasteiger partial charge in [-0.25, -0.2) is 4.98 Å². The van der Waals surface area contributed by atoms with Crippen LogP contribution < -0.4 is 10.6 Å². The highest BCUT2D eigenvalue weighted by atomic mass is 16.1. The molecule has 0 bridgehead atoms. The van der Waals surface area contributed by atoms with E-state index < -0.39 is 0 Å². The number of carbonyl (C=O) groups excluding carboxylic acids is 1. The molecule has 0 atom stereocenters. The second kappa shape index (κ2) is 7.17. The number of pyridine rings is 1. The van der Waals surface area contributed by atoms with Crippen molar-refractivity contribution >= 4 is 16.9 Å². The summed E-state index contributed by atoms with van der Waals surface area (Å²) in [5.74, 6) is 0.0982. The van der Waals surface area contributed by atoms with E-state index >= 15 is 0 Å². The smallest absolute Gasteiger partial charge is 0.221 e. The third-order valence-corrected chi connectivity index (χ3v) is 3.35. The largest absolute Gasteiger partial charge is 0.356 e. The zero-order chi connectivity index (χ0) is 15.2. The fourth-order valence-electron chi connectivity index (χ4n) is 2.24. The maximum absolute atomic E-state index is 11.5. The molecule has 2 aromatic rings. The highest BCUT2D eigenvalue weighted by molar-refractivity contribution is 5.78. The van der Waals surface area contributed by atoms with E-state index in [4.69, 9.17) is 0 Å². The average molecular weight is 289 g/mol. The number of fused-ring (bicyclic) bond motifs is 1. The van der Waals surface area contributed by atoms with E-state index in [1.54, 1.807) is 4.68 Å². The van der Waals surface area contributed by atoms with E-state index in [9.17, 15) is 4.79 Å². The van der Waals surface area contributed by atoms with Crippen molar-refractivity contribution in [3.8, 4) is 0 Å². The van der Waals surface area contributed by atoms with Crippen LogP contribution in [0.3, 0.4) is 0 Å². The van der Waals surface area contributed by atoms with Gasteiger partial charge in [0.1, 0.15) is 0 Å². The summed E-state index contributed by atoms with van der Waals surface area (Å²) in [5, 5.41) is 11.6. The summed E-state index contributed by atoms with van der Waals surface area (Å²) in [7, 11) is 1.90. The third-order valence-electron chi connectivity index (χ3n) is 3.35. The van der Waals surface area contributed by atoms with Crippen LogP contribution in [-0.4, -0.2) is 33.8 Å². The minimum Gasteiger partial charge on any atom is -0.356 e. The van der Waals surface area contributed by atoms with Crippen LogP contribution >= 0.6 is 0 Å². The molecule has 2 N–H and O–H groups in total. The van der Waals surface area contributed by atoms with Crippen LogP contribution in [0.4, 0.5) is 0 Å². The van der Waals surface area contributed by atoms with Gasteiger partial charge in [-0.15, -0.1) is 0 Å². The average Bonchev–Trinajstić information content (AvgIpc) is 2.76. The van der Waals surface area contributed by atoms with Crippen molar-refractivity contribution in [1.29, 1.82) is 0 Å². The fourth-order valence-corrected chi connectivity index (χ4v) is 2.24. The summed E-state index contributed by atoms with van der Waals surface area (Å²) in [4.78, 5) is 15.9. The summed E-state index contributed by atoms with van der Waals surface area (Å²) < 4.78 is 1.79. The van der Waals surface area contributed by atoms with Gasteiger partial charge in [0.2, 0.25) is 5.91 Å². The lowest BCUT2D eigenvalue weighted by atomic mass is 10.2. The van der Waals surface area contributed by atoms with Crippen molar-refractivity contribution < 1.29 is 4.79 Å². The minimum absolute atomic E-state index is 0.0982. The SMILES string of the molecule is CCCNC(=O)CCNCc1cnc2c(c1)c(C)nn2C. The van der Waals surface area contributed by atoms with Crippen LogP contribution in [0.15, 0.2) is 12.3 Å². The standard InChI is InChI=1S/C15H23N5O/c1-4-6-17-14(21)5-7-16-9-12-8-13-11(2)19-20(3)15(13)18-10-12/h8,10,16H,4-7,9H2,1-3H3,(H,17,21). The quantitative estimate of drug-likeness (QED) is 0.753. The Morgan fingerprint density at radius 1 is 1.38 bits per heavy atom. The molecule has 0 spiro atoms. The zero-order valence-corrected chi connectivity index (χ0v) is 12.9. The Hall–Kier alpha value is -1.95. The van der Waals surface area contributed by atoms with Gasteiger partial charge in [-0.3, -0.25) is 9.48 Å². The van der Waals surface area contributed by atoms with Gasteiger partial charge in [-0.2, -0.15) is 5.10 Å². The van der Waals surface area contributed by atoms with Gasteiger partial charge in [0.25, 0.3) is 0 Å². The lowest BCUT2D eigenvalue weighted by Gasteiger charge is -2.06. The number of nitrogens with one attached hydrogen (secondary N) is 2. The van der Waals surface area contributed by atoms with Gasteiger partial charge in [0.05, 0.1) is 5.69 Å². The van der Waals surface area contributed by atoms with E-state index in [1.165, 1.54) is 0 Å². The van der Waals surface area contributed by atoms with Gasteiger partial charge in [-0.05, 0) is 25.0 Å². The van der Waals surface area contributed by atoms with Gasteiger partial charge < -0.3 is 10.6 Å². The lowest BCUT2D eigenvalue weighted by molar-refractivity contribution is -0.120. The predicted octanol–water partition coefficient (Wildman–Crippen LogP) is 1.28. The molecule has 0 aliphatic carbocycles. The molecule has 0 fully saturated rings. The number of carbonyl (C=O) groups is 1. The molecule has 21 heavy (non-hydrogen) atoms. The van der Waals surface area contributed by atoms with E-state index in [2.05, 4.69) is 26.8 Å². The number of rotatable bonds is 7. The Balaban J connectivity index is 1.84. The molecule has 6 nitrogen and oxygen atoms in total. The number of aryl methyl sites for hydroxylation is 2. The first-order valence-electron chi connectivity index (χ1n) is 7.37. The Labute approximate surface area is 124 Å². The molecule has 2 rings (SSSR count). The summed E-state index contributed by atoms with van der Waals surface area (Å²) >= 11 is 0. The van der Waals surface area contributed by atoms with Crippen LogP contribution in [0.5, 0.6) is 0 Å². The van der Waals surface area contributed by atoms with E-state index in [1.807, 2.05) is 27.1 Å². The first kappa shape index (κ1) is 15.4. The van der Waals surface area contributed by atoms with Gasteiger partial charge in [0.15, 0.2) is 5.65 Å². The normalized spacial score (nSPS) is 11.0. The summed E-state index contributed by atoms with van der Waals surface area (Å²) in [5.41, 5.74) is 2.99. The molecule has 0 saturated heterocycles. The van der Waals surface area contributed by atoms with Crippen LogP contribution in [0, 0.1) is 6.92 Å².